The third-order valence-electron chi connectivity index (χ3n) is 8.45. The number of amides is 1. The first-order chi connectivity index (χ1) is 15.9. The average Bonchev–Trinajstić information content (AvgIpc) is 2.74. The van der Waals surface area contributed by atoms with Gasteiger partial charge in [0.15, 0.2) is 0 Å². The quantitative estimate of drug-likeness (QED) is 0.704. The number of carbonyl (C=O) groups is 1. The Morgan fingerprint density at radius 2 is 1.82 bits per heavy atom. The van der Waals surface area contributed by atoms with Gasteiger partial charge in [0.1, 0.15) is 23.8 Å². The summed E-state index contributed by atoms with van der Waals surface area (Å²) in [5.41, 5.74) is 2.51. The molecule has 2 aromatic rings. The standard InChI is InChI=1S/C26H30F2N4O/c27-20-2-1-19(22(28)8-20)13-32-4-3-21-23(14-32)29-15-30-25(21)31-24(33)12-26-9-16-5-17(10-26)7-18(6-16)11-26/h1-2,8,15-18H,3-7,9-14H2,(H,29,30,31,33). The fourth-order valence-electron chi connectivity index (χ4n) is 7.57. The first kappa shape index (κ1) is 21.1. The SMILES string of the molecule is O=C(CC12CC3CC(CC(C3)C1)C2)Nc1ncnc2c1CCN(Cc1ccc(F)cc1F)C2. The summed E-state index contributed by atoms with van der Waals surface area (Å²) < 4.78 is 27.3. The van der Waals surface area contributed by atoms with E-state index in [2.05, 4.69) is 20.2 Å². The second-order valence-electron chi connectivity index (χ2n) is 11.0. The van der Waals surface area contributed by atoms with E-state index in [0.29, 0.717) is 43.9 Å². The van der Waals surface area contributed by atoms with Crippen LogP contribution in [0.3, 0.4) is 0 Å². The predicted molar refractivity (Wildman–Crippen MR) is 120 cm³/mol. The number of anilines is 1. The summed E-state index contributed by atoms with van der Waals surface area (Å²) in [4.78, 5) is 24.0. The topological polar surface area (TPSA) is 58.1 Å². The lowest BCUT2D eigenvalue weighted by Gasteiger charge is -2.56. The second-order valence-corrected chi connectivity index (χ2v) is 11.0. The summed E-state index contributed by atoms with van der Waals surface area (Å²) in [6.45, 7) is 1.64. The zero-order valence-corrected chi connectivity index (χ0v) is 18.8. The monoisotopic (exact) mass is 452 g/mol. The van der Waals surface area contributed by atoms with Gasteiger partial charge < -0.3 is 5.32 Å². The minimum absolute atomic E-state index is 0.0775. The Morgan fingerprint density at radius 3 is 2.52 bits per heavy atom. The van der Waals surface area contributed by atoms with E-state index in [0.717, 1.165) is 35.1 Å². The van der Waals surface area contributed by atoms with Crippen LogP contribution in [0.1, 0.15) is 61.8 Å². The Kier molecular flexibility index (Phi) is 5.20. The van der Waals surface area contributed by atoms with Crippen LogP contribution in [0, 0.1) is 34.8 Å². The van der Waals surface area contributed by atoms with Crippen LogP contribution in [0.25, 0.3) is 0 Å². The van der Waals surface area contributed by atoms with Crippen LogP contribution in [0.2, 0.25) is 0 Å². The normalized spacial score (nSPS) is 30.3. The van der Waals surface area contributed by atoms with Crippen molar-refractivity contribution < 1.29 is 13.6 Å². The van der Waals surface area contributed by atoms with Crippen molar-refractivity contribution in [3.8, 4) is 0 Å². The van der Waals surface area contributed by atoms with E-state index in [-0.39, 0.29) is 11.3 Å². The molecule has 1 aromatic heterocycles. The molecule has 4 aliphatic carbocycles. The maximum atomic E-state index is 14.1. The summed E-state index contributed by atoms with van der Waals surface area (Å²) in [7, 11) is 0. The molecule has 2 heterocycles. The molecular formula is C26H30F2N4O. The molecule has 0 saturated heterocycles. The van der Waals surface area contributed by atoms with E-state index in [4.69, 9.17) is 0 Å². The minimum atomic E-state index is -0.568. The van der Waals surface area contributed by atoms with Crippen LogP contribution in [0.5, 0.6) is 0 Å². The highest BCUT2D eigenvalue weighted by molar-refractivity contribution is 5.91. The summed E-state index contributed by atoms with van der Waals surface area (Å²) in [5, 5.41) is 3.11. The van der Waals surface area contributed by atoms with Crippen LogP contribution in [-0.4, -0.2) is 27.3 Å². The van der Waals surface area contributed by atoms with Crippen molar-refractivity contribution in [3.05, 3.63) is 53.0 Å². The molecule has 1 aliphatic heterocycles. The Balaban J connectivity index is 1.12. The molecule has 1 N–H and O–H groups in total. The highest BCUT2D eigenvalue weighted by Gasteiger charge is 2.51. The Hall–Kier alpha value is -2.41. The van der Waals surface area contributed by atoms with Crippen LogP contribution in [-0.2, 0) is 24.3 Å². The van der Waals surface area contributed by atoms with Gasteiger partial charge in [-0.3, -0.25) is 9.69 Å². The predicted octanol–water partition coefficient (Wildman–Crippen LogP) is 4.86. The van der Waals surface area contributed by atoms with E-state index >= 15 is 0 Å². The van der Waals surface area contributed by atoms with Crippen molar-refractivity contribution in [2.24, 2.45) is 23.2 Å². The lowest BCUT2D eigenvalue weighted by Crippen LogP contribution is -2.47. The van der Waals surface area contributed by atoms with Gasteiger partial charge in [0.05, 0.1) is 5.69 Å². The molecule has 0 radical (unpaired) electrons. The summed E-state index contributed by atoms with van der Waals surface area (Å²) in [6.07, 6.45) is 10.5. The van der Waals surface area contributed by atoms with Crippen molar-refractivity contribution in [1.29, 1.82) is 0 Å². The zero-order chi connectivity index (χ0) is 22.6. The molecule has 33 heavy (non-hydrogen) atoms. The van der Waals surface area contributed by atoms with E-state index in [1.807, 2.05) is 0 Å². The average molecular weight is 453 g/mol. The second kappa shape index (κ2) is 8.12. The highest BCUT2D eigenvalue weighted by Crippen LogP contribution is 2.61. The first-order valence-corrected chi connectivity index (χ1v) is 12.2. The van der Waals surface area contributed by atoms with Crippen molar-refractivity contribution in [2.45, 2.75) is 64.5 Å². The van der Waals surface area contributed by atoms with Crippen LogP contribution in [0.4, 0.5) is 14.6 Å². The first-order valence-electron chi connectivity index (χ1n) is 12.2. The largest absolute Gasteiger partial charge is 0.310 e. The van der Waals surface area contributed by atoms with Crippen molar-refractivity contribution in [2.75, 3.05) is 11.9 Å². The fourth-order valence-corrected chi connectivity index (χ4v) is 7.57. The summed E-state index contributed by atoms with van der Waals surface area (Å²) in [6, 6.07) is 3.71. The number of rotatable bonds is 5. The molecule has 0 atom stereocenters. The lowest BCUT2D eigenvalue weighted by atomic mass is 9.49. The maximum absolute atomic E-state index is 14.1. The van der Waals surface area contributed by atoms with Crippen molar-refractivity contribution in [1.82, 2.24) is 14.9 Å². The Bertz CT molecular complexity index is 1050. The lowest BCUT2D eigenvalue weighted by molar-refractivity contribution is -0.124. The maximum Gasteiger partial charge on any atom is 0.226 e. The molecule has 7 heteroatoms. The third-order valence-corrected chi connectivity index (χ3v) is 8.45. The van der Waals surface area contributed by atoms with E-state index in [1.54, 1.807) is 0 Å². The van der Waals surface area contributed by atoms with E-state index in [1.165, 1.54) is 57.0 Å². The summed E-state index contributed by atoms with van der Waals surface area (Å²) in [5.74, 6) is 2.09. The van der Waals surface area contributed by atoms with Gasteiger partial charge in [0, 0.05) is 43.2 Å². The van der Waals surface area contributed by atoms with Gasteiger partial charge in [0.25, 0.3) is 0 Å². The van der Waals surface area contributed by atoms with Crippen LogP contribution >= 0.6 is 0 Å². The molecule has 4 saturated carbocycles. The number of hydrogen-bond acceptors (Lipinski definition) is 4. The zero-order valence-electron chi connectivity index (χ0n) is 18.8. The molecule has 4 fully saturated rings. The van der Waals surface area contributed by atoms with Crippen molar-refractivity contribution in [3.63, 3.8) is 0 Å². The third kappa shape index (κ3) is 4.16. The smallest absolute Gasteiger partial charge is 0.226 e. The molecule has 174 valence electrons. The van der Waals surface area contributed by atoms with Crippen molar-refractivity contribution >= 4 is 11.7 Å². The highest BCUT2D eigenvalue weighted by atomic mass is 19.1. The number of benzene rings is 1. The molecule has 0 spiro atoms. The number of carbonyl (C=O) groups excluding carboxylic acids is 1. The van der Waals surface area contributed by atoms with Crippen LogP contribution in [0.15, 0.2) is 24.5 Å². The summed E-state index contributed by atoms with van der Waals surface area (Å²) >= 11 is 0. The molecule has 7 rings (SSSR count). The fraction of sp³-hybridized carbons (Fsp3) is 0.577. The molecule has 1 aromatic carbocycles. The molecule has 1 amide bonds. The van der Waals surface area contributed by atoms with Crippen LogP contribution < -0.4 is 5.32 Å². The van der Waals surface area contributed by atoms with Gasteiger partial charge in [0.2, 0.25) is 5.91 Å². The Labute approximate surface area is 193 Å². The van der Waals surface area contributed by atoms with Gasteiger partial charge in [-0.15, -0.1) is 0 Å². The molecule has 5 aliphatic rings. The van der Waals surface area contributed by atoms with Gasteiger partial charge in [-0.2, -0.15) is 0 Å². The van der Waals surface area contributed by atoms with Gasteiger partial charge in [-0.1, -0.05) is 6.07 Å². The molecular weight excluding hydrogens is 422 g/mol. The number of aromatic nitrogens is 2. The number of nitrogens with zero attached hydrogens (tertiary/aromatic N) is 3. The van der Waals surface area contributed by atoms with Gasteiger partial charge in [-0.25, -0.2) is 18.7 Å². The number of fused-ring (bicyclic) bond motifs is 1. The van der Waals surface area contributed by atoms with Gasteiger partial charge >= 0.3 is 0 Å². The minimum Gasteiger partial charge on any atom is -0.310 e. The van der Waals surface area contributed by atoms with Gasteiger partial charge in [-0.05, 0) is 74.2 Å². The molecule has 5 nitrogen and oxygen atoms in total. The van der Waals surface area contributed by atoms with E-state index < -0.39 is 11.6 Å². The number of halogens is 2. The molecule has 0 unspecified atom stereocenters. The van der Waals surface area contributed by atoms with E-state index in [9.17, 15) is 13.6 Å². The number of nitrogens with one attached hydrogen (secondary N) is 1. The Morgan fingerprint density at radius 1 is 1.09 bits per heavy atom. The molecule has 4 bridgehead atoms. The number of hydrogen-bond donors (Lipinski definition) is 1.